The normalized spacial score (nSPS) is 17.7. The summed E-state index contributed by atoms with van der Waals surface area (Å²) < 4.78 is 2.10. The first-order chi connectivity index (χ1) is 14.1. The van der Waals surface area contributed by atoms with Crippen LogP contribution in [0.5, 0.6) is 0 Å². The second-order valence-corrected chi connectivity index (χ2v) is 9.26. The Morgan fingerprint density at radius 3 is 2.97 bits per heavy atom. The molecular formula is C23H28ClN3OS. The summed E-state index contributed by atoms with van der Waals surface area (Å²) in [5.74, 6) is 0.0574. The highest BCUT2D eigenvalue weighted by molar-refractivity contribution is 7.13. The molecule has 0 spiro atoms. The van der Waals surface area contributed by atoms with E-state index in [0.29, 0.717) is 17.6 Å². The molecule has 1 amide bonds. The van der Waals surface area contributed by atoms with Gasteiger partial charge < -0.3 is 14.8 Å². The summed E-state index contributed by atoms with van der Waals surface area (Å²) in [5, 5.41) is 6.95. The fraction of sp³-hybridized carbons (Fsp3) is 0.435. The van der Waals surface area contributed by atoms with Gasteiger partial charge in [0.2, 0.25) is 5.91 Å². The first-order valence-corrected chi connectivity index (χ1v) is 11.7. The molecule has 1 N–H and O–H groups in total. The molecule has 1 aliphatic rings. The Hall–Kier alpha value is -1.82. The first kappa shape index (κ1) is 20.5. The molecule has 1 fully saturated rings. The second-order valence-electron chi connectivity index (χ2n) is 7.88. The number of nitrogens with zero attached hydrogens (tertiary/aromatic N) is 2. The molecule has 4 nitrogen and oxygen atoms in total. The van der Waals surface area contributed by atoms with Crippen LogP contribution in [0.4, 0.5) is 0 Å². The van der Waals surface area contributed by atoms with Gasteiger partial charge >= 0.3 is 0 Å². The summed E-state index contributed by atoms with van der Waals surface area (Å²) in [6.07, 6.45) is 4.93. The van der Waals surface area contributed by atoms with Gasteiger partial charge in [-0.05, 0) is 68.4 Å². The topological polar surface area (TPSA) is 37.3 Å². The van der Waals surface area contributed by atoms with Crippen LogP contribution in [0.2, 0.25) is 5.02 Å². The van der Waals surface area contributed by atoms with Crippen LogP contribution in [0.1, 0.15) is 32.6 Å². The minimum atomic E-state index is 0.0574. The lowest BCUT2D eigenvalue weighted by molar-refractivity contribution is -0.121. The van der Waals surface area contributed by atoms with Crippen molar-refractivity contribution in [3.05, 3.63) is 46.8 Å². The van der Waals surface area contributed by atoms with Crippen LogP contribution in [0, 0.1) is 0 Å². The number of likely N-dealkylation sites (tertiary alicyclic amines) is 1. The van der Waals surface area contributed by atoms with Crippen LogP contribution in [-0.2, 0) is 11.3 Å². The third kappa shape index (κ3) is 4.85. The summed E-state index contributed by atoms with van der Waals surface area (Å²) >= 11 is 7.86. The van der Waals surface area contributed by atoms with Gasteiger partial charge in [-0.2, -0.15) is 0 Å². The SMILES string of the molecule is C[C@@H]1CCCCN1CCCNC(=O)Cn1c(-c2cccs2)cc2cc(Cl)ccc21. The fourth-order valence-corrected chi connectivity index (χ4v) is 5.17. The number of nitrogens with one attached hydrogen (secondary N) is 1. The Balaban J connectivity index is 1.40. The molecule has 0 saturated carbocycles. The Bertz CT molecular complexity index is 966. The number of amides is 1. The van der Waals surface area contributed by atoms with Crippen molar-refractivity contribution in [2.75, 3.05) is 19.6 Å². The Labute approximate surface area is 181 Å². The van der Waals surface area contributed by atoms with E-state index in [0.717, 1.165) is 41.0 Å². The maximum atomic E-state index is 12.7. The minimum absolute atomic E-state index is 0.0574. The van der Waals surface area contributed by atoms with Crippen LogP contribution in [-0.4, -0.2) is 41.1 Å². The fourth-order valence-electron chi connectivity index (χ4n) is 4.24. The number of carbonyl (C=O) groups is 1. The van der Waals surface area contributed by atoms with Gasteiger partial charge in [-0.25, -0.2) is 0 Å². The monoisotopic (exact) mass is 429 g/mol. The highest BCUT2D eigenvalue weighted by Crippen LogP contribution is 2.32. The van der Waals surface area contributed by atoms with E-state index in [2.05, 4.69) is 39.2 Å². The van der Waals surface area contributed by atoms with E-state index in [1.165, 1.54) is 25.8 Å². The lowest BCUT2D eigenvalue weighted by Crippen LogP contribution is -2.39. The van der Waals surface area contributed by atoms with Crippen molar-refractivity contribution in [1.82, 2.24) is 14.8 Å². The molecule has 1 aromatic carbocycles. The molecule has 3 aromatic rings. The highest BCUT2D eigenvalue weighted by Gasteiger charge is 2.18. The number of benzene rings is 1. The maximum absolute atomic E-state index is 12.7. The van der Waals surface area contributed by atoms with Gasteiger partial charge in [-0.1, -0.05) is 24.1 Å². The van der Waals surface area contributed by atoms with E-state index in [1.54, 1.807) is 11.3 Å². The van der Waals surface area contributed by atoms with Crippen molar-refractivity contribution in [3.63, 3.8) is 0 Å². The molecule has 2 aromatic heterocycles. The van der Waals surface area contributed by atoms with Crippen molar-refractivity contribution in [2.24, 2.45) is 0 Å². The Morgan fingerprint density at radius 1 is 1.28 bits per heavy atom. The third-order valence-electron chi connectivity index (χ3n) is 5.82. The van der Waals surface area contributed by atoms with Crippen molar-refractivity contribution in [1.29, 1.82) is 0 Å². The molecule has 1 atom stereocenters. The predicted molar refractivity (Wildman–Crippen MR) is 123 cm³/mol. The Morgan fingerprint density at radius 2 is 2.17 bits per heavy atom. The van der Waals surface area contributed by atoms with Crippen molar-refractivity contribution in [3.8, 4) is 10.6 Å². The Kier molecular flexibility index (Phi) is 6.58. The van der Waals surface area contributed by atoms with E-state index >= 15 is 0 Å². The number of hydrogen-bond acceptors (Lipinski definition) is 3. The molecule has 0 aliphatic carbocycles. The van der Waals surface area contributed by atoms with Gasteiger partial charge in [0.05, 0.1) is 10.6 Å². The van der Waals surface area contributed by atoms with Gasteiger partial charge in [-0.15, -0.1) is 11.3 Å². The van der Waals surface area contributed by atoms with Crippen LogP contribution in [0.25, 0.3) is 21.5 Å². The van der Waals surface area contributed by atoms with Crippen LogP contribution < -0.4 is 5.32 Å². The van der Waals surface area contributed by atoms with E-state index < -0.39 is 0 Å². The van der Waals surface area contributed by atoms with E-state index in [1.807, 2.05) is 24.3 Å². The van der Waals surface area contributed by atoms with Gasteiger partial charge in [0.25, 0.3) is 0 Å². The molecule has 1 aliphatic heterocycles. The number of hydrogen-bond donors (Lipinski definition) is 1. The molecule has 0 radical (unpaired) electrons. The zero-order valence-corrected chi connectivity index (χ0v) is 18.4. The van der Waals surface area contributed by atoms with E-state index in [-0.39, 0.29) is 5.91 Å². The second kappa shape index (κ2) is 9.33. The lowest BCUT2D eigenvalue weighted by Gasteiger charge is -2.33. The van der Waals surface area contributed by atoms with Crippen molar-refractivity contribution < 1.29 is 4.79 Å². The number of aromatic nitrogens is 1. The number of carbonyl (C=O) groups excluding carboxylic acids is 1. The van der Waals surface area contributed by atoms with Gasteiger partial charge in [-0.3, -0.25) is 4.79 Å². The van der Waals surface area contributed by atoms with Crippen LogP contribution >= 0.6 is 22.9 Å². The molecule has 6 heteroatoms. The zero-order valence-electron chi connectivity index (χ0n) is 16.9. The van der Waals surface area contributed by atoms with Gasteiger partial charge in [0.15, 0.2) is 0 Å². The van der Waals surface area contributed by atoms with Gasteiger partial charge in [0.1, 0.15) is 6.54 Å². The minimum Gasteiger partial charge on any atom is -0.355 e. The largest absolute Gasteiger partial charge is 0.355 e. The quantitative estimate of drug-likeness (QED) is 0.510. The number of halogens is 1. The molecule has 0 unspecified atom stereocenters. The predicted octanol–water partition coefficient (Wildman–Crippen LogP) is 5.40. The summed E-state index contributed by atoms with van der Waals surface area (Å²) in [6, 6.07) is 12.8. The first-order valence-electron chi connectivity index (χ1n) is 10.5. The lowest BCUT2D eigenvalue weighted by atomic mass is 10.0. The molecule has 0 bridgehead atoms. The number of rotatable bonds is 7. The van der Waals surface area contributed by atoms with Crippen LogP contribution in [0.15, 0.2) is 41.8 Å². The highest BCUT2D eigenvalue weighted by atomic mass is 35.5. The number of fused-ring (bicyclic) bond motifs is 1. The summed E-state index contributed by atoms with van der Waals surface area (Å²) in [7, 11) is 0. The summed E-state index contributed by atoms with van der Waals surface area (Å²) in [6.45, 7) is 5.61. The number of piperidine rings is 1. The third-order valence-corrected chi connectivity index (χ3v) is 6.95. The van der Waals surface area contributed by atoms with Gasteiger partial charge in [0, 0.05) is 35.1 Å². The standard InChI is InChI=1S/C23H28ClN3OS/c1-17-6-2-3-11-26(17)12-5-10-25-23(28)16-27-20-9-8-19(24)14-18(20)15-21(27)22-7-4-13-29-22/h4,7-9,13-15,17H,2-3,5-6,10-12,16H2,1H3,(H,25,28)/t17-/m1/s1. The molecule has 1 saturated heterocycles. The molecule has 29 heavy (non-hydrogen) atoms. The summed E-state index contributed by atoms with van der Waals surface area (Å²) in [5.41, 5.74) is 2.10. The van der Waals surface area contributed by atoms with Crippen molar-refractivity contribution in [2.45, 2.75) is 45.2 Å². The van der Waals surface area contributed by atoms with Crippen LogP contribution in [0.3, 0.4) is 0 Å². The maximum Gasteiger partial charge on any atom is 0.239 e. The average molecular weight is 430 g/mol. The van der Waals surface area contributed by atoms with E-state index in [4.69, 9.17) is 11.6 Å². The summed E-state index contributed by atoms with van der Waals surface area (Å²) in [4.78, 5) is 16.4. The molecule has 4 rings (SSSR count). The van der Waals surface area contributed by atoms with Crippen molar-refractivity contribution >= 4 is 39.7 Å². The van der Waals surface area contributed by atoms with E-state index in [9.17, 15) is 4.79 Å². The number of thiophene rings is 1. The smallest absolute Gasteiger partial charge is 0.239 e. The zero-order chi connectivity index (χ0) is 20.2. The molecular weight excluding hydrogens is 402 g/mol. The molecule has 154 valence electrons. The average Bonchev–Trinajstić information content (AvgIpc) is 3.34. The molecule has 3 heterocycles.